The SMILES string of the molecule is CC/C(=C\c1ccc(C(=O)OC)cc1)c1cc(OC)cc2oc3ccccc3c12. The zero-order valence-electron chi connectivity index (χ0n) is 16.7. The molecule has 0 saturated carbocycles. The zero-order chi connectivity index (χ0) is 20.4. The minimum Gasteiger partial charge on any atom is -0.497 e. The monoisotopic (exact) mass is 386 g/mol. The van der Waals surface area contributed by atoms with E-state index in [9.17, 15) is 4.79 Å². The summed E-state index contributed by atoms with van der Waals surface area (Å²) in [4.78, 5) is 11.7. The van der Waals surface area contributed by atoms with Crippen LogP contribution in [0.1, 0.15) is 34.8 Å². The molecule has 0 saturated heterocycles. The first-order valence-corrected chi connectivity index (χ1v) is 9.53. The van der Waals surface area contributed by atoms with E-state index in [1.165, 1.54) is 7.11 Å². The van der Waals surface area contributed by atoms with Crippen molar-refractivity contribution in [2.75, 3.05) is 14.2 Å². The molecule has 29 heavy (non-hydrogen) atoms. The standard InChI is InChI=1S/C25H22O4/c1-4-17(13-16-9-11-18(12-10-16)25(26)28-3)21-14-19(27-2)15-23-24(21)20-7-5-6-8-22(20)29-23/h5-15H,4H2,1-3H3/b17-13+. The van der Waals surface area contributed by atoms with Crippen LogP contribution in [0, 0.1) is 0 Å². The number of esters is 1. The molecular formula is C25H22O4. The van der Waals surface area contributed by atoms with Gasteiger partial charge in [-0.1, -0.05) is 43.3 Å². The number of ether oxygens (including phenoxy) is 2. The fourth-order valence-corrected chi connectivity index (χ4v) is 3.60. The predicted octanol–water partition coefficient (Wildman–Crippen LogP) is 6.33. The number of furan rings is 1. The summed E-state index contributed by atoms with van der Waals surface area (Å²) >= 11 is 0. The summed E-state index contributed by atoms with van der Waals surface area (Å²) in [6.07, 6.45) is 2.97. The maximum atomic E-state index is 11.7. The van der Waals surface area contributed by atoms with Crippen LogP contribution >= 0.6 is 0 Å². The summed E-state index contributed by atoms with van der Waals surface area (Å²) in [7, 11) is 3.04. The lowest BCUT2D eigenvalue weighted by Crippen LogP contribution is -2.00. The van der Waals surface area contributed by atoms with Crippen LogP contribution < -0.4 is 4.74 Å². The Morgan fingerprint density at radius 1 is 1.00 bits per heavy atom. The summed E-state index contributed by atoms with van der Waals surface area (Å²) < 4.78 is 16.4. The molecule has 0 spiro atoms. The van der Waals surface area contributed by atoms with Gasteiger partial charge in [0.25, 0.3) is 0 Å². The molecule has 146 valence electrons. The Morgan fingerprint density at radius 2 is 1.76 bits per heavy atom. The van der Waals surface area contributed by atoms with E-state index >= 15 is 0 Å². The van der Waals surface area contributed by atoms with E-state index in [4.69, 9.17) is 13.9 Å². The van der Waals surface area contributed by atoms with Gasteiger partial charge in [0.15, 0.2) is 0 Å². The van der Waals surface area contributed by atoms with Crippen LogP contribution in [0.3, 0.4) is 0 Å². The van der Waals surface area contributed by atoms with E-state index in [2.05, 4.69) is 25.1 Å². The smallest absolute Gasteiger partial charge is 0.337 e. The lowest BCUT2D eigenvalue weighted by molar-refractivity contribution is 0.0600. The molecule has 1 aromatic heterocycles. The second kappa shape index (κ2) is 7.84. The lowest BCUT2D eigenvalue weighted by atomic mass is 9.95. The Balaban J connectivity index is 1.88. The molecule has 3 aromatic carbocycles. The van der Waals surface area contributed by atoms with Crippen LogP contribution in [-0.4, -0.2) is 20.2 Å². The van der Waals surface area contributed by atoms with Gasteiger partial charge in [0, 0.05) is 16.8 Å². The van der Waals surface area contributed by atoms with Crippen LogP contribution in [-0.2, 0) is 4.74 Å². The maximum absolute atomic E-state index is 11.7. The number of carbonyl (C=O) groups excluding carboxylic acids is 1. The van der Waals surface area contributed by atoms with Crippen LogP contribution in [0.2, 0.25) is 0 Å². The average molecular weight is 386 g/mol. The van der Waals surface area contributed by atoms with Crippen LogP contribution in [0.15, 0.2) is 65.1 Å². The Morgan fingerprint density at radius 3 is 2.45 bits per heavy atom. The third-order valence-electron chi connectivity index (χ3n) is 5.09. The number of rotatable bonds is 5. The van der Waals surface area contributed by atoms with Gasteiger partial charge in [0.1, 0.15) is 16.9 Å². The van der Waals surface area contributed by atoms with Gasteiger partial charge in [0.05, 0.1) is 19.8 Å². The molecule has 0 amide bonds. The van der Waals surface area contributed by atoms with Crippen molar-refractivity contribution in [3.8, 4) is 5.75 Å². The van der Waals surface area contributed by atoms with E-state index in [-0.39, 0.29) is 5.97 Å². The van der Waals surface area contributed by atoms with E-state index in [1.807, 2.05) is 36.4 Å². The molecule has 0 radical (unpaired) electrons. The number of hydrogen-bond acceptors (Lipinski definition) is 4. The fourth-order valence-electron chi connectivity index (χ4n) is 3.60. The maximum Gasteiger partial charge on any atom is 0.337 e. The molecule has 0 unspecified atom stereocenters. The molecule has 0 aliphatic carbocycles. The van der Waals surface area contributed by atoms with Gasteiger partial charge in [-0.15, -0.1) is 0 Å². The lowest BCUT2D eigenvalue weighted by Gasteiger charge is -2.10. The second-order valence-electron chi connectivity index (χ2n) is 6.78. The van der Waals surface area contributed by atoms with E-state index in [1.54, 1.807) is 19.2 Å². The number of fused-ring (bicyclic) bond motifs is 3. The molecule has 0 bridgehead atoms. The highest BCUT2D eigenvalue weighted by Crippen LogP contribution is 2.38. The predicted molar refractivity (Wildman–Crippen MR) is 116 cm³/mol. The minimum absolute atomic E-state index is 0.337. The normalized spacial score (nSPS) is 11.8. The molecule has 4 rings (SSSR count). The van der Waals surface area contributed by atoms with Crippen molar-refractivity contribution in [1.82, 2.24) is 0 Å². The molecular weight excluding hydrogens is 364 g/mol. The number of hydrogen-bond donors (Lipinski definition) is 0. The van der Waals surface area contributed by atoms with Gasteiger partial charge in [0.2, 0.25) is 0 Å². The van der Waals surface area contributed by atoms with Crippen molar-refractivity contribution >= 4 is 39.6 Å². The summed E-state index contributed by atoms with van der Waals surface area (Å²) in [5.41, 5.74) is 5.46. The van der Waals surface area contributed by atoms with Gasteiger partial charge in [-0.25, -0.2) is 4.79 Å². The van der Waals surface area contributed by atoms with Crippen molar-refractivity contribution in [3.05, 3.63) is 77.4 Å². The molecule has 1 heterocycles. The van der Waals surface area contributed by atoms with Gasteiger partial charge in [-0.3, -0.25) is 0 Å². The van der Waals surface area contributed by atoms with Crippen molar-refractivity contribution in [1.29, 1.82) is 0 Å². The Hall–Kier alpha value is -3.53. The molecule has 0 aliphatic rings. The van der Waals surface area contributed by atoms with E-state index in [0.717, 1.165) is 50.8 Å². The number of allylic oxidation sites excluding steroid dienone is 1. The van der Waals surface area contributed by atoms with Gasteiger partial charge in [-0.2, -0.15) is 0 Å². The summed E-state index contributed by atoms with van der Waals surface area (Å²) in [5, 5.41) is 2.17. The third-order valence-corrected chi connectivity index (χ3v) is 5.09. The first-order chi connectivity index (χ1) is 14.1. The Kier molecular flexibility index (Phi) is 5.09. The third kappa shape index (κ3) is 3.49. The first kappa shape index (κ1) is 18.8. The highest BCUT2D eigenvalue weighted by Gasteiger charge is 2.15. The summed E-state index contributed by atoms with van der Waals surface area (Å²) in [5.74, 6) is 0.419. The van der Waals surface area contributed by atoms with Crippen molar-refractivity contribution in [2.24, 2.45) is 0 Å². The topological polar surface area (TPSA) is 48.7 Å². The Bertz CT molecular complexity index is 1210. The number of benzene rings is 3. The highest BCUT2D eigenvalue weighted by molar-refractivity contribution is 6.11. The Labute approximate surface area is 169 Å². The van der Waals surface area contributed by atoms with Crippen LogP contribution in [0.5, 0.6) is 5.75 Å². The van der Waals surface area contributed by atoms with E-state index < -0.39 is 0 Å². The van der Waals surface area contributed by atoms with Crippen LogP contribution in [0.25, 0.3) is 33.6 Å². The summed E-state index contributed by atoms with van der Waals surface area (Å²) in [6, 6.07) is 19.4. The zero-order valence-corrected chi connectivity index (χ0v) is 16.7. The van der Waals surface area contributed by atoms with Gasteiger partial charge < -0.3 is 13.9 Å². The van der Waals surface area contributed by atoms with Crippen molar-refractivity contribution < 1.29 is 18.7 Å². The number of para-hydroxylation sites is 1. The van der Waals surface area contributed by atoms with Crippen molar-refractivity contribution in [3.63, 3.8) is 0 Å². The second-order valence-corrected chi connectivity index (χ2v) is 6.78. The van der Waals surface area contributed by atoms with Crippen LogP contribution in [0.4, 0.5) is 0 Å². The largest absolute Gasteiger partial charge is 0.497 e. The summed E-state index contributed by atoms with van der Waals surface area (Å²) in [6.45, 7) is 2.13. The quantitative estimate of drug-likeness (QED) is 0.297. The molecule has 0 aliphatic heterocycles. The number of carbonyl (C=O) groups is 1. The minimum atomic E-state index is -0.337. The molecule has 0 fully saturated rings. The molecule has 4 heteroatoms. The van der Waals surface area contributed by atoms with Gasteiger partial charge in [-0.05, 0) is 47.4 Å². The average Bonchev–Trinajstić information content (AvgIpc) is 3.15. The fraction of sp³-hybridized carbons (Fsp3) is 0.160. The highest BCUT2D eigenvalue weighted by atomic mass is 16.5. The number of methoxy groups -OCH3 is 2. The first-order valence-electron chi connectivity index (χ1n) is 9.53. The van der Waals surface area contributed by atoms with Crippen molar-refractivity contribution in [2.45, 2.75) is 13.3 Å². The molecule has 0 atom stereocenters. The van der Waals surface area contributed by atoms with Gasteiger partial charge >= 0.3 is 5.97 Å². The molecule has 0 N–H and O–H groups in total. The van der Waals surface area contributed by atoms with E-state index in [0.29, 0.717) is 5.56 Å². The molecule has 4 aromatic rings. The molecule has 4 nitrogen and oxygen atoms in total.